The van der Waals surface area contributed by atoms with Crippen LogP contribution in [0.1, 0.15) is 70.2 Å². The van der Waals surface area contributed by atoms with E-state index >= 15 is 0 Å². The number of ether oxygens (including phenoxy) is 1. The summed E-state index contributed by atoms with van der Waals surface area (Å²) in [7, 11) is 3.80. The Kier molecular flexibility index (Phi) is 12.0. The average molecular weight is 572 g/mol. The fourth-order valence-electron chi connectivity index (χ4n) is 5.66. The fourth-order valence-corrected chi connectivity index (χ4v) is 5.66. The summed E-state index contributed by atoms with van der Waals surface area (Å²) in [4.78, 5) is 57.8. The number of carbonyl (C=O) groups excluding carboxylic acids is 4. The summed E-state index contributed by atoms with van der Waals surface area (Å²) in [6.45, 7) is 10.7. The molecular formula is C31H49N5O5. The Hall–Kier alpha value is -3.14. The number of amides is 4. The van der Waals surface area contributed by atoms with Crippen molar-refractivity contribution in [2.45, 2.75) is 77.9 Å². The van der Waals surface area contributed by atoms with E-state index in [9.17, 15) is 19.2 Å². The number of rotatable bonds is 7. The van der Waals surface area contributed by atoms with Crippen molar-refractivity contribution in [2.24, 2.45) is 17.8 Å². The second kappa shape index (κ2) is 15.2. The maximum atomic E-state index is 13.7. The van der Waals surface area contributed by atoms with Crippen LogP contribution in [0.2, 0.25) is 0 Å². The third-order valence-electron chi connectivity index (χ3n) is 7.84. The molecule has 1 aromatic carbocycles. The SMILES string of the molecule is CC(C)C[C@H]1COc2ccccc2C(=O)N[C@H](C(=O)NCC2CCCN(C)C2)CC(=O)N[C@H](CC(C)C)C(=O)N1C. The molecule has 0 saturated carbocycles. The van der Waals surface area contributed by atoms with Crippen LogP contribution in [0.15, 0.2) is 24.3 Å². The summed E-state index contributed by atoms with van der Waals surface area (Å²) in [6.07, 6.45) is 2.93. The van der Waals surface area contributed by atoms with E-state index in [1.165, 1.54) is 0 Å². The van der Waals surface area contributed by atoms with Crippen molar-refractivity contribution in [1.29, 1.82) is 0 Å². The number of benzene rings is 1. The Morgan fingerprint density at radius 2 is 1.76 bits per heavy atom. The molecule has 2 aliphatic heterocycles. The zero-order valence-corrected chi connectivity index (χ0v) is 25.6. The Morgan fingerprint density at radius 3 is 2.44 bits per heavy atom. The van der Waals surface area contributed by atoms with Gasteiger partial charge in [0.15, 0.2) is 0 Å². The molecule has 3 N–H and O–H groups in total. The maximum absolute atomic E-state index is 13.7. The van der Waals surface area contributed by atoms with Gasteiger partial charge in [0.2, 0.25) is 17.7 Å². The largest absolute Gasteiger partial charge is 0.491 e. The van der Waals surface area contributed by atoms with Gasteiger partial charge in [0.25, 0.3) is 5.91 Å². The van der Waals surface area contributed by atoms with E-state index in [2.05, 4.69) is 41.7 Å². The van der Waals surface area contributed by atoms with Gasteiger partial charge in [0, 0.05) is 20.1 Å². The predicted octanol–water partition coefficient (Wildman–Crippen LogP) is 2.43. The van der Waals surface area contributed by atoms with Crippen LogP contribution >= 0.6 is 0 Å². The van der Waals surface area contributed by atoms with Crippen molar-refractivity contribution >= 4 is 23.6 Å². The van der Waals surface area contributed by atoms with Crippen molar-refractivity contribution in [3.05, 3.63) is 29.8 Å². The summed E-state index contributed by atoms with van der Waals surface area (Å²) in [6, 6.07) is 4.72. The Morgan fingerprint density at radius 1 is 1.05 bits per heavy atom. The molecule has 10 nitrogen and oxygen atoms in total. The van der Waals surface area contributed by atoms with Crippen LogP contribution in [0.5, 0.6) is 5.75 Å². The molecule has 3 rings (SSSR count). The number of piperidine rings is 1. The molecule has 0 bridgehead atoms. The number of carbonyl (C=O) groups is 4. The number of fused-ring (bicyclic) bond motifs is 1. The molecule has 1 aromatic rings. The molecule has 1 unspecified atom stereocenters. The van der Waals surface area contributed by atoms with Gasteiger partial charge in [0.05, 0.1) is 18.0 Å². The third kappa shape index (κ3) is 9.73. The highest BCUT2D eigenvalue weighted by Crippen LogP contribution is 2.22. The van der Waals surface area contributed by atoms with E-state index in [0.29, 0.717) is 37.0 Å². The molecule has 1 fully saturated rings. The number of hydrogen-bond acceptors (Lipinski definition) is 6. The van der Waals surface area contributed by atoms with Gasteiger partial charge in [0.1, 0.15) is 24.4 Å². The molecule has 1 saturated heterocycles. The molecule has 2 aliphatic rings. The minimum Gasteiger partial charge on any atom is -0.491 e. The number of likely N-dealkylation sites (tertiary alicyclic amines) is 1. The van der Waals surface area contributed by atoms with E-state index in [1.54, 1.807) is 36.2 Å². The van der Waals surface area contributed by atoms with Gasteiger partial charge in [-0.25, -0.2) is 0 Å². The van der Waals surface area contributed by atoms with Crippen LogP contribution in [0.4, 0.5) is 0 Å². The van der Waals surface area contributed by atoms with E-state index in [0.717, 1.165) is 25.9 Å². The van der Waals surface area contributed by atoms with Gasteiger partial charge in [-0.15, -0.1) is 0 Å². The summed E-state index contributed by atoms with van der Waals surface area (Å²) in [5.74, 6) is -0.463. The first kappa shape index (κ1) is 32.4. The molecule has 0 aromatic heterocycles. The fraction of sp³-hybridized carbons (Fsp3) is 0.677. The third-order valence-corrected chi connectivity index (χ3v) is 7.84. The summed E-state index contributed by atoms with van der Waals surface area (Å²) in [5.41, 5.74) is 0.270. The molecule has 2 heterocycles. The van der Waals surface area contributed by atoms with Crippen LogP contribution in [0, 0.1) is 17.8 Å². The zero-order valence-electron chi connectivity index (χ0n) is 25.6. The monoisotopic (exact) mass is 571 g/mol. The van der Waals surface area contributed by atoms with Gasteiger partial charge in [-0.2, -0.15) is 0 Å². The smallest absolute Gasteiger partial charge is 0.255 e. The second-order valence-electron chi connectivity index (χ2n) is 12.5. The Labute approximate surface area is 244 Å². The van der Waals surface area contributed by atoms with E-state index < -0.39 is 29.8 Å². The van der Waals surface area contributed by atoms with E-state index in [1.807, 2.05) is 13.8 Å². The molecule has 10 heteroatoms. The lowest BCUT2D eigenvalue weighted by Gasteiger charge is -2.34. The molecule has 0 aliphatic carbocycles. The van der Waals surface area contributed by atoms with E-state index in [-0.39, 0.29) is 36.5 Å². The Balaban J connectivity index is 1.90. The van der Waals surface area contributed by atoms with Gasteiger partial charge in [-0.1, -0.05) is 39.8 Å². The lowest BCUT2D eigenvalue weighted by molar-refractivity contribution is -0.138. The molecule has 0 spiro atoms. The average Bonchev–Trinajstić information content (AvgIpc) is 2.91. The molecule has 41 heavy (non-hydrogen) atoms. The quantitative estimate of drug-likeness (QED) is 0.463. The van der Waals surface area contributed by atoms with Gasteiger partial charge < -0.3 is 30.5 Å². The van der Waals surface area contributed by atoms with Gasteiger partial charge in [-0.3, -0.25) is 19.2 Å². The number of nitrogens with zero attached hydrogens (tertiary/aromatic N) is 2. The summed E-state index contributed by atoms with van der Waals surface area (Å²) >= 11 is 0. The predicted molar refractivity (Wildman–Crippen MR) is 158 cm³/mol. The first-order valence-electron chi connectivity index (χ1n) is 15.0. The summed E-state index contributed by atoms with van der Waals surface area (Å²) < 4.78 is 6.16. The van der Waals surface area contributed by atoms with E-state index in [4.69, 9.17) is 4.74 Å². The van der Waals surface area contributed by atoms with Gasteiger partial charge >= 0.3 is 0 Å². The van der Waals surface area contributed by atoms with Gasteiger partial charge in [-0.05, 0) is 69.2 Å². The van der Waals surface area contributed by atoms with Crippen LogP contribution in [0.3, 0.4) is 0 Å². The van der Waals surface area contributed by atoms with Crippen LogP contribution < -0.4 is 20.7 Å². The van der Waals surface area contributed by atoms with Crippen LogP contribution in [-0.2, 0) is 14.4 Å². The zero-order chi connectivity index (χ0) is 30.1. The highest BCUT2D eigenvalue weighted by atomic mass is 16.5. The summed E-state index contributed by atoms with van der Waals surface area (Å²) in [5, 5.41) is 8.61. The maximum Gasteiger partial charge on any atom is 0.255 e. The number of para-hydroxylation sites is 1. The van der Waals surface area contributed by atoms with Crippen LogP contribution in [-0.4, -0.2) is 91.9 Å². The first-order chi connectivity index (χ1) is 19.4. The topological polar surface area (TPSA) is 120 Å². The lowest BCUT2D eigenvalue weighted by Crippen LogP contribution is -2.55. The van der Waals surface area contributed by atoms with Crippen molar-refractivity contribution in [2.75, 3.05) is 40.3 Å². The molecular weight excluding hydrogens is 522 g/mol. The molecule has 4 amide bonds. The number of hydrogen-bond donors (Lipinski definition) is 3. The molecule has 0 radical (unpaired) electrons. The van der Waals surface area contributed by atoms with Crippen molar-refractivity contribution < 1.29 is 23.9 Å². The molecule has 4 atom stereocenters. The molecule has 228 valence electrons. The second-order valence-corrected chi connectivity index (χ2v) is 12.5. The van der Waals surface area contributed by atoms with Crippen molar-refractivity contribution in [3.8, 4) is 5.75 Å². The minimum absolute atomic E-state index is 0.149. The number of likely N-dealkylation sites (N-methyl/N-ethyl adjacent to an activating group) is 1. The van der Waals surface area contributed by atoms with Crippen LogP contribution in [0.25, 0.3) is 0 Å². The highest BCUT2D eigenvalue weighted by molar-refractivity contribution is 6.01. The Bertz CT molecular complexity index is 1060. The van der Waals surface area contributed by atoms with Crippen molar-refractivity contribution in [3.63, 3.8) is 0 Å². The lowest BCUT2D eigenvalue weighted by atomic mass is 9.98. The normalized spacial score (nSPS) is 25.2. The standard InChI is InChI=1S/C31H49N5O5/c1-20(2)14-23-19-41-27-12-8-7-11-24(27)29(38)34-25(30(39)32-17-22-10-9-13-35(5)18-22)16-28(37)33-26(15-21(3)4)31(40)36(23)6/h7-8,11-12,20-23,25-26H,9-10,13-19H2,1-6H3,(H,32,39)(H,33,37)(H,34,38)/t22?,23-,25-,26+/m0/s1. The first-order valence-corrected chi connectivity index (χ1v) is 15.0. The highest BCUT2D eigenvalue weighted by Gasteiger charge is 2.33. The van der Waals surface area contributed by atoms with Crippen molar-refractivity contribution in [1.82, 2.24) is 25.8 Å². The minimum atomic E-state index is -1.11. The number of nitrogens with one attached hydrogen (secondary N) is 3.